The molecule has 1 aromatic carbocycles. The minimum absolute atomic E-state index is 0.228. The molecule has 1 N–H and O–H groups in total. The van der Waals surface area contributed by atoms with E-state index in [0.717, 1.165) is 16.8 Å². The molecule has 0 bridgehead atoms. The minimum Gasteiger partial charge on any atom is -0.380 e. The van der Waals surface area contributed by atoms with Crippen molar-refractivity contribution >= 4 is 17.1 Å². The molecule has 21 heavy (non-hydrogen) atoms. The van der Waals surface area contributed by atoms with Gasteiger partial charge in [0.2, 0.25) is 0 Å². The average molecular weight is 281 g/mol. The summed E-state index contributed by atoms with van der Waals surface area (Å²) >= 11 is 0. The van der Waals surface area contributed by atoms with Gasteiger partial charge in [0.15, 0.2) is 5.69 Å². The standard InChI is InChI=1S/C16H15N3O2/c1-21-11-12-5-4-6-13(9-12)17-16(20)15-10-14-7-2-3-8-19(14)18-15/h2-10H,11H2,1H3,(H,17,20). The van der Waals surface area contributed by atoms with Gasteiger partial charge >= 0.3 is 0 Å². The van der Waals surface area contributed by atoms with Crippen LogP contribution in [0.2, 0.25) is 0 Å². The summed E-state index contributed by atoms with van der Waals surface area (Å²) in [5.74, 6) is -0.228. The van der Waals surface area contributed by atoms with Crippen LogP contribution in [0, 0.1) is 0 Å². The van der Waals surface area contributed by atoms with Gasteiger partial charge in [-0.2, -0.15) is 5.10 Å². The lowest BCUT2D eigenvalue weighted by Crippen LogP contribution is -2.12. The fourth-order valence-corrected chi connectivity index (χ4v) is 2.15. The highest BCUT2D eigenvalue weighted by Gasteiger charge is 2.11. The lowest BCUT2D eigenvalue weighted by atomic mass is 10.2. The molecular formula is C16H15N3O2. The molecule has 106 valence electrons. The van der Waals surface area contributed by atoms with Crippen LogP contribution in [0.15, 0.2) is 54.7 Å². The van der Waals surface area contributed by atoms with E-state index in [2.05, 4.69) is 10.4 Å². The van der Waals surface area contributed by atoms with Crippen LogP contribution >= 0.6 is 0 Å². The van der Waals surface area contributed by atoms with E-state index in [9.17, 15) is 4.79 Å². The van der Waals surface area contributed by atoms with Crippen LogP contribution in [0.3, 0.4) is 0 Å². The predicted octanol–water partition coefficient (Wildman–Crippen LogP) is 2.73. The maximum absolute atomic E-state index is 12.2. The summed E-state index contributed by atoms with van der Waals surface area (Å²) < 4.78 is 6.76. The number of aromatic nitrogens is 2. The van der Waals surface area contributed by atoms with Crippen LogP contribution in [0.25, 0.3) is 5.52 Å². The third-order valence-corrected chi connectivity index (χ3v) is 3.10. The van der Waals surface area contributed by atoms with Gasteiger partial charge in [0, 0.05) is 19.0 Å². The maximum Gasteiger partial charge on any atom is 0.276 e. The molecule has 3 aromatic rings. The first-order valence-electron chi connectivity index (χ1n) is 6.60. The molecule has 2 heterocycles. The van der Waals surface area contributed by atoms with Crippen LogP contribution in [0.4, 0.5) is 5.69 Å². The fourth-order valence-electron chi connectivity index (χ4n) is 2.15. The zero-order valence-electron chi connectivity index (χ0n) is 11.6. The largest absolute Gasteiger partial charge is 0.380 e. The number of hydrogen-bond donors (Lipinski definition) is 1. The van der Waals surface area contributed by atoms with Crippen molar-refractivity contribution in [2.45, 2.75) is 6.61 Å². The SMILES string of the molecule is COCc1cccc(NC(=O)c2cc3ccccn3n2)c1. The van der Waals surface area contributed by atoms with E-state index < -0.39 is 0 Å². The first-order valence-corrected chi connectivity index (χ1v) is 6.60. The number of carbonyl (C=O) groups excluding carboxylic acids is 1. The Morgan fingerprint density at radius 2 is 2.14 bits per heavy atom. The van der Waals surface area contributed by atoms with Crippen LogP contribution in [0.1, 0.15) is 16.1 Å². The molecule has 0 aliphatic rings. The molecule has 0 spiro atoms. The minimum atomic E-state index is -0.228. The Morgan fingerprint density at radius 1 is 1.24 bits per heavy atom. The lowest BCUT2D eigenvalue weighted by molar-refractivity contribution is 0.102. The number of carbonyl (C=O) groups is 1. The number of anilines is 1. The fraction of sp³-hybridized carbons (Fsp3) is 0.125. The summed E-state index contributed by atoms with van der Waals surface area (Å²) in [6, 6.07) is 15.0. The Kier molecular flexibility index (Phi) is 3.66. The number of pyridine rings is 1. The third kappa shape index (κ3) is 2.93. The van der Waals surface area contributed by atoms with Gasteiger partial charge in [0.05, 0.1) is 12.1 Å². The van der Waals surface area contributed by atoms with Gasteiger partial charge in [0.25, 0.3) is 5.91 Å². The van der Waals surface area contributed by atoms with E-state index in [1.54, 1.807) is 17.7 Å². The summed E-state index contributed by atoms with van der Waals surface area (Å²) in [5.41, 5.74) is 3.01. The van der Waals surface area contributed by atoms with Crippen molar-refractivity contribution in [1.82, 2.24) is 9.61 Å². The quantitative estimate of drug-likeness (QED) is 0.800. The topological polar surface area (TPSA) is 55.6 Å². The first-order chi connectivity index (χ1) is 10.3. The Hall–Kier alpha value is -2.66. The van der Waals surface area contributed by atoms with Gasteiger partial charge < -0.3 is 10.1 Å². The Balaban J connectivity index is 1.80. The van der Waals surface area contributed by atoms with Crippen molar-refractivity contribution in [2.75, 3.05) is 12.4 Å². The van der Waals surface area contributed by atoms with Crippen molar-refractivity contribution in [3.8, 4) is 0 Å². The van der Waals surface area contributed by atoms with Crippen LogP contribution in [-0.2, 0) is 11.3 Å². The third-order valence-electron chi connectivity index (χ3n) is 3.10. The van der Waals surface area contributed by atoms with Crippen molar-refractivity contribution in [3.05, 3.63) is 66.0 Å². The summed E-state index contributed by atoms with van der Waals surface area (Å²) in [7, 11) is 1.64. The Bertz CT molecular complexity index is 747. The zero-order valence-corrected chi connectivity index (χ0v) is 11.6. The van der Waals surface area contributed by atoms with Crippen LogP contribution in [0.5, 0.6) is 0 Å². The summed E-state index contributed by atoms with van der Waals surface area (Å²) in [6.45, 7) is 0.512. The Labute approximate surface area is 122 Å². The highest BCUT2D eigenvalue weighted by atomic mass is 16.5. The molecule has 0 fully saturated rings. The van der Waals surface area contributed by atoms with Crippen molar-refractivity contribution < 1.29 is 9.53 Å². The molecule has 0 aliphatic carbocycles. The van der Waals surface area contributed by atoms with Gasteiger partial charge in [-0.1, -0.05) is 18.2 Å². The van der Waals surface area contributed by atoms with Gasteiger partial charge in [0.1, 0.15) is 0 Å². The van der Waals surface area contributed by atoms with E-state index in [0.29, 0.717) is 12.3 Å². The summed E-state index contributed by atoms with van der Waals surface area (Å²) in [4.78, 5) is 12.2. The second-order valence-corrected chi connectivity index (χ2v) is 4.69. The van der Waals surface area contributed by atoms with Crippen LogP contribution < -0.4 is 5.32 Å². The molecule has 5 nitrogen and oxygen atoms in total. The number of methoxy groups -OCH3 is 1. The predicted molar refractivity (Wildman–Crippen MR) is 80.3 cm³/mol. The zero-order chi connectivity index (χ0) is 14.7. The highest BCUT2D eigenvalue weighted by molar-refractivity contribution is 6.03. The van der Waals surface area contributed by atoms with Gasteiger partial charge in [-0.3, -0.25) is 4.79 Å². The number of rotatable bonds is 4. The molecule has 0 saturated carbocycles. The normalized spacial score (nSPS) is 10.7. The van der Waals surface area contributed by atoms with Crippen molar-refractivity contribution in [1.29, 1.82) is 0 Å². The molecule has 3 rings (SSSR count). The number of nitrogens with zero attached hydrogens (tertiary/aromatic N) is 2. The van der Waals surface area contributed by atoms with Gasteiger partial charge in [-0.25, -0.2) is 4.52 Å². The van der Waals surface area contributed by atoms with Gasteiger partial charge in [-0.05, 0) is 35.9 Å². The van der Waals surface area contributed by atoms with Crippen molar-refractivity contribution in [3.63, 3.8) is 0 Å². The van der Waals surface area contributed by atoms with E-state index in [1.165, 1.54) is 0 Å². The van der Waals surface area contributed by atoms with Gasteiger partial charge in [-0.15, -0.1) is 0 Å². The molecule has 1 amide bonds. The first kappa shape index (κ1) is 13.3. The summed E-state index contributed by atoms with van der Waals surface area (Å²) in [6.07, 6.45) is 1.81. The number of ether oxygens (including phenoxy) is 1. The number of hydrogen-bond acceptors (Lipinski definition) is 3. The number of benzene rings is 1. The number of fused-ring (bicyclic) bond motifs is 1. The van der Waals surface area contributed by atoms with E-state index in [1.807, 2.05) is 48.7 Å². The smallest absolute Gasteiger partial charge is 0.276 e. The highest BCUT2D eigenvalue weighted by Crippen LogP contribution is 2.13. The monoisotopic (exact) mass is 281 g/mol. The number of nitrogens with one attached hydrogen (secondary N) is 1. The molecule has 0 saturated heterocycles. The van der Waals surface area contributed by atoms with E-state index in [4.69, 9.17) is 4.74 Å². The average Bonchev–Trinajstić information content (AvgIpc) is 2.92. The molecule has 5 heteroatoms. The molecule has 2 aromatic heterocycles. The molecule has 0 atom stereocenters. The number of amides is 1. The maximum atomic E-state index is 12.2. The van der Waals surface area contributed by atoms with Crippen molar-refractivity contribution in [2.24, 2.45) is 0 Å². The molecule has 0 unspecified atom stereocenters. The molecule has 0 radical (unpaired) electrons. The Morgan fingerprint density at radius 3 is 2.95 bits per heavy atom. The van der Waals surface area contributed by atoms with E-state index >= 15 is 0 Å². The van der Waals surface area contributed by atoms with E-state index in [-0.39, 0.29) is 5.91 Å². The summed E-state index contributed by atoms with van der Waals surface area (Å²) in [5, 5.41) is 7.10. The second kappa shape index (κ2) is 5.76. The molecule has 0 aliphatic heterocycles. The van der Waals surface area contributed by atoms with Crippen LogP contribution in [-0.4, -0.2) is 22.6 Å². The lowest BCUT2D eigenvalue weighted by Gasteiger charge is -2.05. The molecular weight excluding hydrogens is 266 g/mol. The second-order valence-electron chi connectivity index (χ2n) is 4.69.